The summed E-state index contributed by atoms with van der Waals surface area (Å²) >= 11 is 1.29. The van der Waals surface area contributed by atoms with Crippen LogP contribution in [0.5, 0.6) is 11.5 Å². The predicted molar refractivity (Wildman–Crippen MR) is 115 cm³/mol. The zero-order chi connectivity index (χ0) is 21.0. The highest BCUT2D eigenvalue weighted by Gasteiger charge is 2.21. The van der Waals surface area contributed by atoms with Gasteiger partial charge in [-0.05, 0) is 49.7 Å². The highest BCUT2D eigenvalue weighted by Crippen LogP contribution is 2.39. The lowest BCUT2D eigenvalue weighted by Gasteiger charge is -2.12. The molecular formula is C21H22N2O5S. The summed E-state index contributed by atoms with van der Waals surface area (Å²) in [5.41, 5.74) is 2.14. The molecule has 0 saturated carbocycles. The number of carbonyl (C=O) groups excluding carboxylic acids is 2. The van der Waals surface area contributed by atoms with Crippen molar-refractivity contribution in [3.05, 3.63) is 46.8 Å². The summed E-state index contributed by atoms with van der Waals surface area (Å²) in [6, 6.07) is 10.5. The second-order valence-corrected chi connectivity index (χ2v) is 7.23. The van der Waals surface area contributed by atoms with Crippen molar-refractivity contribution in [1.29, 1.82) is 0 Å². The van der Waals surface area contributed by atoms with E-state index in [0.717, 1.165) is 15.6 Å². The summed E-state index contributed by atoms with van der Waals surface area (Å²) in [5, 5.41) is 6.33. The Morgan fingerprint density at radius 1 is 1.07 bits per heavy atom. The van der Waals surface area contributed by atoms with Crippen LogP contribution in [0.25, 0.3) is 10.1 Å². The number of fused-ring (bicyclic) bond motifs is 1. The molecule has 0 unspecified atom stereocenters. The fourth-order valence-corrected chi connectivity index (χ4v) is 3.92. The molecule has 0 bridgehead atoms. The van der Waals surface area contributed by atoms with Crippen molar-refractivity contribution >= 4 is 44.8 Å². The molecule has 0 aliphatic rings. The monoisotopic (exact) mass is 414 g/mol. The standard InChI is InChI=1S/C21H22N2O5S/c1-5-28-18-14-11-13(7-9-17(14)29-19(18)20(24)27-4)22-21(25)23-15-10-12(2)6-8-16(15)26-3/h6-11H,5H2,1-4H3,(H2,22,23,25). The second kappa shape index (κ2) is 8.83. The van der Waals surface area contributed by atoms with E-state index in [1.165, 1.54) is 18.4 Å². The summed E-state index contributed by atoms with van der Waals surface area (Å²) in [5.74, 6) is 0.581. The van der Waals surface area contributed by atoms with E-state index in [9.17, 15) is 9.59 Å². The summed E-state index contributed by atoms with van der Waals surface area (Å²) in [6.07, 6.45) is 0. The van der Waals surface area contributed by atoms with E-state index in [1.54, 1.807) is 25.3 Å². The molecule has 1 heterocycles. The molecule has 152 valence electrons. The maximum absolute atomic E-state index is 12.5. The molecule has 2 amide bonds. The van der Waals surface area contributed by atoms with Crippen LogP contribution in [0.1, 0.15) is 22.2 Å². The van der Waals surface area contributed by atoms with Crippen LogP contribution in [0.2, 0.25) is 0 Å². The second-order valence-electron chi connectivity index (χ2n) is 6.18. The lowest BCUT2D eigenvalue weighted by molar-refractivity contribution is 0.0602. The first-order valence-corrected chi connectivity index (χ1v) is 9.78. The number of benzene rings is 2. The van der Waals surface area contributed by atoms with Crippen molar-refractivity contribution in [3.63, 3.8) is 0 Å². The minimum absolute atomic E-state index is 0.399. The van der Waals surface area contributed by atoms with Crippen molar-refractivity contribution in [1.82, 2.24) is 0 Å². The number of esters is 1. The van der Waals surface area contributed by atoms with Crippen LogP contribution < -0.4 is 20.1 Å². The molecule has 3 aromatic rings. The summed E-state index contributed by atoms with van der Waals surface area (Å²) < 4.78 is 16.7. The van der Waals surface area contributed by atoms with Gasteiger partial charge in [0.05, 0.1) is 26.5 Å². The minimum Gasteiger partial charge on any atom is -0.495 e. The number of hydrogen-bond acceptors (Lipinski definition) is 6. The number of rotatable bonds is 6. The minimum atomic E-state index is -0.451. The maximum Gasteiger partial charge on any atom is 0.351 e. The Morgan fingerprint density at radius 3 is 2.55 bits per heavy atom. The van der Waals surface area contributed by atoms with Crippen molar-refractivity contribution in [2.45, 2.75) is 13.8 Å². The smallest absolute Gasteiger partial charge is 0.351 e. The van der Waals surface area contributed by atoms with Crippen LogP contribution in [0.3, 0.4) is 0 Å². The molecule has 0 fully saturated rings. The van der Waals surface area contributed by atoms with Gasteiger partial charge in [0.2, 0.25) is 0 Å². The number of aryl methyl sites for hydroxylation is 1. The number of amides is 2. The molecule has 2 aromatic carbocycles. The first-order chi connectivity index (χ1) is 14.0. The Kier molecular flexibility index (Phi) is 6.23. The van der Waals surface area contributed by atoms with E-state index in [4.69, 9.17) is 14.2 Å². The third kappa shape index (κ3) is 4.43. The number of thiophene rings is 1. The van der Waals surface area contributed by atoms with Gasteiger partial charge in [0.25, 0.3) is 0 Å². The predicted octanol–water partition coefficient (Wildman–Crippen LogP) is 5.05. The van der Waals surface area contributed by atoms with Crippen molar-refractivity contribution in [2.24, 2.45) is 0 Å². The van der Waals surface area contributed by atoms with E-state index >= 15 is 0 Å². The Labute approximate surface area is 172 Å². The lowest BCUT2D eigenvalue weighted by atomic mass is 10.2. The molecule has 29 heavy (non-hydrogen) atoms. The van der Waals surface area contributed by atoms with Crippen LogP contribution in [-0.4, -0.2) is 32.8 Å². The van der Waals surface area contributed by atoms with Gasteiger partial charge in [-0.1, -0.05) is 6.07 Å². The van der Waals surface area contributed by atoms with Crippen molar-refractivity contribution in [3.8, 4) is 11.5 Å². The number of ether oxygens (including phenoxy) is 3. The fourth-order valence-electron chi connectivity index (χ4n) is 2.87. The van der Waals surface area contributed by atoms with Crippen LogP contribution in [-0.2, 0) is 4.74 Å². The summed E-state index contributed by atoms with van der Waals surface area (Å²) in [4.78, 5) is 24.9. The Hall–Kier alpha value is -3.26. The number of anilines is 2. The molecule has 0 radical (unpaired) electrons. The molecule has 0 aliphatic carbocycles. The largest absolute Gasteiger partial charge is 0.495 e. The highest BCUT2D eigenvalue weighted by molar-refractivity contribution is 7.21. The van der Waals surface area contributed by atoms with E-state index in [0.29, 0.717) is 34.4 Å². The number of carbonyl (C=O) groups is 2. The molecule has 7 nitrogen and oxygen atoms in total. The molecule has 2 N–H and O–H groups in total. The van der Waals surface area contributed by atoms with E-state index in [1.807, 2.05) is 32.0 Å². The topological polar surface area (TPSA) is 85.9 Å². The Bertz CT molecular complexity index is 1060. The third-order valence-corrected chi connectivity index (χ3v) is 5.30. The average molecular weight is 414 g/mol. The number of methoxy groups -OCH3 is 2. The van der Waals surface area contributed by atoms with Crippen LogP contribution in [0.4, 0.5) is 16.2 Å². The molecular weight excluding hydrogens is 392 g/mol. The fraction of sp³-hybridized carbons (Fsp3) is 0.238. The molecule has 3 rings (SSSR count). The number of urea groups is 1. The molecule has 0 atom stereocenters. The molecule has 0 spiro atoms. The molecule has 0 aliphatic heterocycles. The van der Waals surface area contributed by atoms with Gasteiger partial charge < -0.3 is 24.8 Å². The van der Waals surface area contributed by atoms with E-state index < -0.39 is 12.0 Å². The molecule has 1 aromatic heterocycles. The average Bonchev–Trinajstić information content (AvgIpc) is 3.06. The van der Waals surface area contributed by atoms with Gasteiger partial charge in [-0.3, -0.25) is 0 Å². The van der Waals surface area contributed by atoms with Crippen molar-refractivity contribution < 1.29 is 23.8 Å². The quantitative estimate of drug-likeness (QED) is 0.552. The first-order valence-electron chi connectivity index (χ1n) is 8.97. The van der Waals surface area contributed by atoms with Gasteiger partial charge in [0.15, 0.2) is 10.6 Å². The van der Waals surface area contributed by atoms with E-state index in [2.05, 4.69) is 10.6 Å². The first kappa shape index (κ1) is 20.5. The van der Waals surface area contributed by atoms with Gasteiger partial charge >= 0.3 is 12.0 Å². The number of hydrogen-bond donors (Lipinski definition) is 2. The Morgan fingerprint density at radius 2 is 1.86 bits per heavy atom. The van der Waals surface area contributed by atoms with Gasteiger partial charge in [0, 0.05) is 15.8 Å². The van der Waals surface area contributed by atoms with Gasteiger partial charge in [0.1, 0.15) is 5.75 Å². The summed E-state index contributed by atoms with van der Waals surface area (Å²) in [7, 11) is 2.88. The van der Waals surface area contributed by atoms with Crippen LogP contribution >= 0.6 is 11.3 Å². The normalized spacial score (nSPS) is 10.5. The zero-order valence-corrected chi connectivity index (χ0v) is 17.4. The SMILES string of the molecule is CCOc1c(C(=O)OC)sc2ccc(NC(=O)Nc3cc(C)ccc3OC)cc12. The lowest BCUT2D eigenvalue weighted by Crippen LogP contribution is -2.19. The van der Waals surface area contributed by atoms with Gasteiger partial charge in [-0.15, -0.1) is 11.3 Å². The zero-order valence-electron chi connectivity index (χ0n) is 16.6. The highest BCUT2D eigenvalue weighted by atomic mass is 32.1. The number of nitrogens with one attached hydrogen (secondary N) is 2. The van der Waals surface area contributed by atoms with Crippen molar-refractivity contribution in [2.75, 3.05) is 31.5 Å². The third-order valence-electron chi connectivity index (χ3n) is 4.16. The van der Waals surface area contributed by atoms with Crippen LogP contribution in [0, 0.1) is 6.92 Å². The Balaban J connectivity index is 1.87. The molecule has 8 heteroatoms. The molecule has 0 saturated heterocycles. The van der Waals surface area contributed by atoms with Gasteiger partial charge in [-0.25, -0.2) is 9.59 Å². The maximum atomic E-state index is 12.5. The summed E-state index contributed by atoms with van der Waals surface area (Å²) in [6.45, 7) is 4.18. The van der Waals surface area contributed by atoms with Gasteiger partial charge in [-0.2, -0.15) is 0 Å². The van der Waals surface area contributed by atoms with E-state index in [-0.39, 0.29) is 0 Å². The van der Waals surface area contributed by atoms with Crippen LogP contribution in [0.15, 0.2) is 36.4 Å².